The van der Waals surface area contributed by atoms with Crippen LogP contribution in [-0.2, 0) is 0 Å². The summed E-state index contributed by atoms with van der Waals surface area (Å²) in [4.78, 5) is 0. The Kier molecular flexibility index (Phi) is 5.22. The maximum Gasteiger partial charge on any atom is -0.00438 e. The molecule has 66 valence electrons. The maximum absolute atomic E-state index is 3.75. The molecule has 0 spiro atoms. The smallest absolute Gasteiger partial charge is 0.00438 e. The third-order valence-corrected chi connectivity index (χ3v) is 1.93. The van der Waals surface area contributed by atoms with Crippen LogP contribution >= 0.6 is 0 Å². The van der Waals surface area contributed by atoms with E-state index in [1.807, 2.05) is 6.08 Å². The fourth-order valence-electron chi connectivity index (χ4n) is 1.10. The molecule has 1 heteroatoms. The van der Waals surface area contributed by atoms with Gasteiger partial charge in [-0.05, 0) is 31.3 Å². The first-order chi connectivity index (χ1) is 5.12. The number of rotatable bonds is 6. The molecule has 0 aromatic heterocycles. The lowest BCUT2D eigenvalue weighted by Gasteiger charge is -2.22. The molecule has 0 rings (SSSR count). The molecule has 0 aliphatic carbocycles. The third kappa shape index (κ3) is 6.11. The summed E-state index contributed by atoms with van der Waals surface area (Å²) in [6.45, 7) is 12.7. The van der Waals surface area contributed by atoms with Crippen molar-refractivity contribution in [2.75, 3.05) is 13.1 Å². The highest BCUT2D eigenvalue weighted by Gasteiger charge is 2.14. The van der Waals surface area contributed by atoms with Crippen LogP contribution < -0.4 is 5.32 Å². The number of hydrogen-bond acceptors (Lipinski definition) is 1. The van der Waals surface area contributed by atoms with Crippen molar-refractivity contribution in [2.45, 2.75) is 33.6 Å². The summed E-state index contributed by atoms with van der Waals surface area (Å²) in [5.74, 6) is 0. The van der Waals surface area contributed by atoms with Gasteiger partial charge in [-0.2, -0.15) is 0 Å². The molecule has 0 bridgehead atoms. The molecule has 0 atom stereocenters. The van der Waals surface area contributed by atoms with Crippen LogP contribution in [0, 0.1) is 5.41 Å². The van der Waals surface area contributed by atoms with Crippen LogP contribution in [0.2, 0.25) is 0 Å². The van der Waals surface area contributed by atoms with Gasteiger partial charge in [0.1, 0.15) is 0 Å². The molecule has 0 saturated heterocycles. The maximum atomic E-state index is 3.75. The first kappa shape index (κ1) is 10.7. The van der Waals surface area contributed by atoms with Crippen molar-refractivity contribution < 1.29 is 0 Å². The Bertz CT molecular complexity index is 105. The SMILES string of the molecule is C=CCC(C)(C)CCNCC. The van der Waals surface area contributed by atoms with E-state index in [4.69, 9.17) is 0 Å². The zero-order chi connectivity index (χ0) is 8.74. The van der Waals surface area contributed by atoms with Crippen LogP contribution in [0.3, 0.4) is 0 Å². The molecule has 0 amide bonds. The Morgan fingerprint density at radius 2 is 2.09 bits per heavy atom. The van der Waals surface area contributed by atoms with Gasteiger partial charge < -0.3 is 5.32 Å². The fraction of sp³-hybridized carbons (Fsp3) is 0.800. The van der Waals surface area contributed by atoms with E-state index in [2.05, 4.69) is 32.7 Å². The molecule has 0 aliphatic rings. The van der Waals surface area contributed by atoms with Gasteiger partial charge in [-0.15, -0.1) is 6.58 Å². The minimum Gasteiger partial charge on any atom is -0.317 e. The minimum atomic E-state index is 0.421. The summed E-state index contributed by atoms with van der Waals surface area (Å²) in [7, 11) is 0. The van der Waals surface area contributed by atoms with Gasteiger partial charge in [0, 0.05) is 0 Å². The quantitative estimate of drug-likeness (QED) is 0.459. The van der Waals surface area contributed by atoms with Crippen molar-refractivity contribution in [1.82, 2.24) is 5.32 Å². The topological polar surface area (TPSA) is 12.0 Å². The molecule has 0 fully saturated rings. The van der Waals surface area contributed by atoms with E-state index < -0.39 is 0 Å². The molecular weight excluding hydrogens is 134 g/mol. The van der Waals surface area contributed by atoms with Gasteiger partial charge in [0.05, 0.1) is 0 Å². The highest BCUT2D eigenvalue weighted by atomic mass is 14.8. The second-order valence-electron chi connectivity index (χ2n) is 3.76. The Morgan fingerprint density at radius 3 is 2.55 bits per heavy atom. The molecular formula is C10H21N. The van der Waals surface area contributed by atoms with Gasteiger partial charge in [-0.25, -0.2) is 0 Å². The van der Waals surface area contributed by atoms with Crippen molar-refractivity contribution in [3.05, 3.63) is 12.7 Å². The van der Waals surface area contributed by atoms with E-state index >= 15 is 0 Å². The largest absolute Gasteiger partial charge is 0.317 e. The van der Waals surface area contributed by atoms with Crippen LogP contribution in [0.15, 0.2) is 12.7 Å². The summed E-state index contributed by atoms with van der Waals surface area (Å²) in [6.07, 6.45) is 4.34. The number of nitrogens with one attached hydrogen (secondary N) is 1. The van der Waals surface area contributed by atoms with Crippen molar-refractivity contribution in [3.8, 4) is 0 Å². The fourth-order valence-corrected chi connectivity index (χ4v) is 1.10. The highest BCUT2D eigenvalue weighted by Crippen LogP contribution is 2.24. The minimum absolute atomic E-state index is 0.421. The van der Waals surface area contributed by atoms with E-state index in [0.29, 0.717) is 5.41 Å². The van der Waals surface area contributed by atoms with Crippen LogP contribution in [0.1, 0.15) is 33.6 Å². The van der Waals surface area contributed by atoms with Gasteiger partial charge in [0.15, 0.2) is 0 Å². The summed E-state index contributed by atoms with van der Waals surface area (Å²) in [5.41, 5.74) is 0.421. The average Bonchev–Trinajstić information content (AvgIpc) is 1.87. The van der Waals surface area contributed by atoms with E-state index in [9.17, 15) is 0 Å². The Morgan fingerprint density at radius 1 is 1.45 bits per heavy atom. The second kappa shape index (κ2) is 5.36. The van der Waals surface area contributed by atoms with Crippen molar-refractivity contribution in [2.24, 2.45) is 5.41 Å². The predicted octanol–water partition coefficient (Wildman–Crippen LogP) is 2.59. The highest BCUT2D eigenvalue weighted by molar-refractivity contribution is 4.79. The predicted molar refractivity (Wildman–Crippen MR) is 51.8 cm³/mol. The Hall–Kier alpha value is -0.300. The number of hydrogen-bond donors (Lipinski definition) is 1. The molecule has 0 aromatic carbocycles. The van der Waals surface area contributed by atoms with Crippen molar-refractivity contribution >= 4 is 0 Å². The normalized spacial score (nSPS) is 11.5. The van der Waals surface area contributed by atoms with Gasteiger partial charge in [-0.1, -0.05) is 26.8 Å². The molecule has 0 aliphatic heterocycles. The lowest BCUT2D eigenvalue weighted by molar-refractivity contribution is 0.334. The summed E-state index contributed by atoms with van der Waals surface area (Å²) in [6, 6.07) is 0. The van der Waals surface area contributed by atoms with Crippen LogP contribution in [0.25, 0.3) is 0 Å². The van der Waals surface area contributed by atoms with Gasteiger partial charge in [0.25, 0.3) is 0 Å². The molecule has 0 heterocycles. The van der Waals surface area contributed by atoms with Crippen LogP contribution in [0.5, 0.6) is 0 Å². The molecule has 0 radical (unpaired) electrons. The monoisotopic (exact) mass is 155 g/mol. The lowest BCUT2D eigenvalue weighted by Crippen LogP contribution is -2.21. The Balaban J connectivity index is 3.45. The average molecular weight is 155 g/mol. The zero-order valence-corrected chi connectivity index (χ0v) is 8.11. The van der Waals surface area contributed by atoms with Gasteiger partial charge in [0.2, 0.25) is 0 Å². The number of allylic oxidation sites excluding steroid dienone is 1. The van der Waals surface area contributed by atoms with E-state index in [1.165, 1.54) is 6.42 Å². The molecule has 0 aromatic rings. The van der Waals surface area contributed by atoms with Crippen LogP contribution in [0.4, 0.5) is 0 Å². The summed E-state index contributed by atoms with van der Waals surface area (Å²) >= 11 is 0. The van der Waals surface area contributed by atoms with Crippen molar-refractivity contribution in [1.29, 1.82) is 0 Å². The molecule has 1 nitrogen and oxygen atoms in total. The van der Waals surface area contributed by atoms with Gasteiger partial charge in [-0.3, -0.25) is 0 Å². The first-order valence-electron chi connectivity index (χ1n) is 4.44. The van der Waals surface area contributed by atoms with Gasteiger partial charge >= 0.3 is 0 Å². The molecule has 11 heavy (non-hydrogen) atoms. The standard InChI is InChI=1S/C10H21N/c1-5-7-10(3,4)8-9-11-6-2/h5,11H,1,6-9H2,2-4H3. The molecule has 0 saturated carbocycles. The second-order valence-corrected chi connectivity index (χ2v) is 3.76. The molecule has 0 unspecified atom stereocenters. The zero-order valence-electron chi connectivity index (χ0n) is 8.11. The van der Waals surface area contributed by atoms with E-state index in [0.717, 1.165) is 19.5 Å². The van der Waals surface area contributed by atoms with E-state index in [1.54, 1.807) is 0 Å². The van der Waals surface area contributed by atoms with Crippen LogP contribution in [-0.4, -0.2) is 13.1 Å². The summed E-state index contributed by atoms with van der Waals surface area (Å²) < 4.78 is 0. The van der Waals surface area contributed by atoms with Crippen molar-refractivity contribution in [3.63, 3.8) is 0 Å². The van der Waals surface area contributed by atoms with E-state index in [-0.39, 0.29) is 0 Å². The molecule has 1 N–H and O–H groups in total. The Labute approximate surface area is 70.9 Å². The first-order valence-corrected chi connectivity index (χ1v) is 4.44. The third-order valence-electron chi connectivity index (χ3n) is 1.93. The summed E-state index contributed by atoms with van der Waals surface area (Å²) in [5, 5.41) is 3.33. The lowest BCUT2D eigenvalue weighted by atomic mass is 9.86.